The van der Waals surface area contributed by atoms with Gasteiger partial charge in [0.1, 0.15) is 12.4 Å². The molecule has 0 spiro atoms. The summed E-state index contributed by atoms with van der Waals surface area (Å²) in [6.07, 6.45) is 3.68. The molecule has 4 aliphatic heterocycles. The first kappa shape index (κ1) is 24.4. The summed E-state index contributed by atoms with van der Waals surface area (Å²) in [5.41, 5.74) is 3.36. The molecule has 4 atom stereocenters. The Balaban J connectivity index is 1.23. The standard InChI is InChI=1S/C29H35ClN6O2/c1-34-11-4-7-20(34)17-38-29-32-23-15-35(25-9-3-6-18-5-2-8-22(30)27(18)25)12-10-21(23)28(33-29)36-14-19-13-26(37)24(16-36)31-19/h2-3,5-6,8-9,19-20,24,26,31,37H,4,7,10-17H2,1H3/t19-,20?,24-,26+/m1/s1. The molecule has 0 amide bonds. The highest BCUT2D eigenvalue weighted by Crippen LogP contribution is 2.37. The van der Waals surface area contributed by atoms with E-state index in [2.05, 4.69) is 51.3 Å². The predicted molar refractivity (Wildman–Crippen MR) is 150 cm³/mol. The number of likely N-dealkylation sites (N-methyl/N-ethyl adjacent to an activating group) is 1. The van der Waals surface area contributed by atoms with Crippen molar-refractivity contribution in [1.29, 1.82) is 0 Å². The van der Waals surface area contributed by atoms with Crippen LogP contribution in [0.2, 0.25) is 5.02 Å². The van der Waals surface area contributed by atoms with Crippen LogP contribution in [0.4, 0.5) is 11.5 Å². The van der Waals surface area contributed by atoms with Crippen LogP contribution in [0, 0.1) is 0 Å². The Hall–Kier alpha value is -2.65. The molecule has 0 saturated carbocycles. The van der Waals surface area contributed by atoms with Gasteiger partial charge in [0.05, 0.1) is 29.4 Å². The minimum atomic E-state index is -0.303. The molecule has 200 valence electrons. The number of rotatable bonds is 5. The van der Waals surface area contributed by atoms with E-state index < -0.39 is 0 Å². The number of likely N-dealkylation sites (tertiary alicyclic amines) is 1. The highest BCUT2D eigenvalue weighted by atomic mass is 35.5. The lowest BCUT2D eigenvalue weighted by Gasteiger charge is -2.37. The smallest absolute Gasteiger partial charge is 0.318 e. The van der Waals surface area contributed by atoms with Crippen molar-refractivity contribution in [3.63, 3.8) is 0 Å². The molecule has 9 heteroatoms. The van der Waals surface area contributed by atoms with E-state index in [4.69, 9.17) is 26.3 Å². The van der Waals surface area contributed by atoms with Gasteiger partial charge in [-0.05, 0) is 56.8 Å². The van der Waals surface area contributed by atoms with E-state index in [1.165, 1.54) is 12.0 Å². The lowest BCUT2D eigenvalue weighted by molar-refractivity contribution is 0.162. The molecule has 0 radical (unpaired) electrons. The van der Waals surface area contributed by atoms with Crippen molar-refractivity contribution in [1.82, 2.24) is 20.2 Å². The minimum absolute atomic E-state index is 0.0776. The summed E-state index contributed by atoms with van der Waals surface area (Å²) in [5, 5.41) is 17.0. The average Bonchev–Trinajstić information content (AvgIpc) is 3.46. The van der Waals surface area contributed by atoms with Crippen molar-refractivity contribution >= 4 is 33.9 Å². The van der Waals surface area contributed by atoms with Gasteiger partial charge in [-0.2, -0.15) is 9.97 Å². The molecule has 7 rings (SSSR count). The number of piperazine rings is 1. The fourth-order valence-electron chi connectivity index (χ4n) is 6.81. The second-order valence-electron chi connectivity index (χ2n) is 11.3. The zero-order chi connectivity index (χ0) is 25.8. The number of anilines is 2. The van der Waals surface area contributed by atoms with E-state index in [-0.39, 0.29) is 18.2 Å². The first-order valence-corrected chi connectivity index (χ1v) is 14.3. The Morgan fingerprint density at radius 2 is 1.97 bits per heavy atom. The molecule has 3 saturated heterocycles. The average molecular weight is 535 g/mol. The number of halogens is 1. The number of nitrogens with one attached hydrogen (secondary N) is 1. The molecule has 5 heterocycles. The summed E-state index contributed by atoms with van der Waals surface area (Å²) in [5.74, 6) is 0.978. The summed E-state index contributed by atoms with van der Waals surface area (Å²) in [6, 6.07) is 13.7. The lowest BCUT2D eigenvalue weighted by atomic mass is 10.0. The largest absolute Gasteiger partial charge is 0.462 e. The zero-order valence-corrected chi connectivity index (χ0v) is 22.6. The molecule has 38 heavy (non-hydrogen) atoms. The Kier molecular flexibility index (Phi) is 6.31. The van der Waals surface area contributed by atoms with Crippen LogP contribution < -0.4 is 19.9 Å². The van der Waals surface area contributed by atoms with E-state index in [0.717, 1.165) is 78.4 Å². The van der Waals surface area contributed by atoms with Gasteiger partial charge in [0.2, 0.25) is 0 Å². The molecule has 8 nitrogen and oxygen atoms in total. The van der Waals surface area contributed by atoms with Gasteiger partial charge < -0.3 is 29.9 Å². The first-order valence-electron chi connectivity index (χ1n) is 13.9. The molecule has 2 aromatic carbocycles. The van der Waals surface area contributed by atoms with Crippen LogP contribution in [0.3, 0.4) is 0 Å². The van der Waals surface area contributed by atoms with Gasteiger partial charge in [0.15, 0.2) is 0 Å². The van der Waals surface area contributed by atoms with Crippen LogP contribution in [0.25, 0.3) is 10.8 Å². The van der Waals surface area contributed by atoms with Gasteiger partial charge >= 0.3 is 6.01 Å². The normalized spacial score (nSPS) is 27.2. The van der Waals surface area contributed by atoms with E-state index in [0.29, 0.717) is 25.2 Å². The Morgan fingerprint density at radius 1 is 1.11 bits per heavy atom. The second-order valence-corrected chi connectivity index (χ2v) is 11.7. The summed E-state index contributed by atoms with van der Waals surface area (Å²) < 4.78 is 6.28. The van der Waals surface area contributed by atoms with Gasteiger partial charge in [0, 0.05) is 48.4 Å². The van der Waals surface area contributed by atoms with Gasteiger partial charge in [-0.15, -0.1) is 0 Å². The number of nitrogens with zero attached hydrogens (tertiary/aromatic N) is 5. The van der Waals surface area contributed by atoms with Gasteiger partial charge in [-0.25, -0.2) is 0 Å². The van der Waals surface area contributed by atoms with Crippen LogP contribution in [-0.4, -0.2) is 84.0 Å². The van der Waals surface area contributed by atoms with Gasteiger partial charge in [0.25, 0.3) is 0 Å². The monoisotopic (exact) mass is 534 g/mol. The fourth-order valence-corrected chi connectivity index (χ4v) is 7.09. The van der Waals surface area contributed by atoms with E-state index in [1.54, 1.807) is 0 Å². The molecule has 2 bridgehead atoms. The molecule has 1 aromatic heterocycles. The van der Waals surface area contributed by atoms with Crippen LogP contribution in [0.15, 0.2) is 36.4 Å². The minimum Gasteiger partial charge on any atom is -0.462 e. The maximum absolute atomic E-state index is 10.5. The molecule has 0 aliphatic carbocycles. The summed E-state index contributed by atoms with van der Waals surface area (Å²) in [6.45, 7) is 4.83. The number of benzene rings is 2. The number of aliphatic hydroxyl groups is 1. The SMILES string of the molecule is CN1CCCC1COc1nc2c(c(N3C[C@H]4C[C@H](O)[C@@H](C3)N4)n1)CCN(c1cccc3cccc(Cl)c13)C2. The molecule has 3 fully saturated rings. The van der Waals surface area contributed by atoms with Crippen molar-refractivity contribution in [2.75, 3.05) is 49.6 Å². The Bertz CT molecular complexity index is 1350. The summed E-state index contributed by atoms with van der Waals surface area (Å²) in [4.78, 5) is 17.1. The third-order valence-electron chi connectivity index (χ3n) is 8.87. The topological polar surface area (TPSA) is 77.0 Å². The number of aliphatic hydroxyl groups excluding tert-OH is 1. The van der Waals surface area contributed by atoms with Gasteiger partial charge in [-0.3, -0.25) is 0 Å². The first-order chi connectivity index (χ1) is 18.5. The number of ether oxygens (including phenoxy) is 1. The number of hydrogen-bond acceptors (Lipinski definition) is 8. The Morgan fingerprint density at radius 3 is 2.79 bits per heavy atom. The molecule has 1 unspecified atom stereocenters. The second kappa shape index (κ2) is 9.83. The maximum atomic E-state index is 10.5. The predicted octanol–water partition coefficient (Wildman–Crippen LogP) is 3.23. The highest BCUT2D eigenvalue weighted by Gasteiger charge is 2.40. The number of fused-ring (bicyclic) bond motifs is 4. The van der Waals surface area contributed by atoms with Crippen LogP contribution in [0.5, 0.6) is 6.01 Å². The van der Waals surface area contributed by atoms with Gasteiger partial charge in [-0.1, -0.05) is 35.9 Å². The summed E-state index contributed by atoms with van der Waals surface area (Å²) >= 11 is 6.68. The molecular weight excluding hydrogens is 500 g/mol. The highest BCUT2D eigenvalue weighted by molar-refractivity contribution is 6.36. The van der Waals surface area contributed by atoms with Crippen molar-refractivity contribution in [3.8, 4) is 6.01 Å². The van der Waals surface area contributed by atoms with Crippen molar-refractivity contribution in [2.45, 2.75) is 56.5 Å². The lowest BCUT2D eigenvalue weighted by Crippen LogP contribution is -2.53. The third kappa shape index (κ3) is 4.37. The van der Waals surface area contributed by atoms with E-state index in [9.17, 15) is 5.11 Å². The Labute approximate surface area is 228 Å². The van der Waals surface area contributed by atoms with E-state index in [1.807, 2.05) is 12.1 Å². The van der Waals surface area contributed by atoms with Crippen LogP contribution in [-0.2, 0) is 13.0 Å². The van der Waals surface area contributed by atoms with E-state index >= 15 is 0 Å². The molecular formula is C29H35ClN6O2. The van der Waals surface area contributed by atoms with Crippen molar-refractivity contribution < 1.29 is 9.84 Å². The number of aromatic nitrogens is 2. The van der Waals surface area contributed by atoms with Crippen LogP contribution >= 0.6 is 11.6 Å². The van der Waals surface area contributed by atoms with Crippen molar-refractivity contribution in [3.05, 3.63) is 52.7 Å². The van der Waals surface area contributed by atoms with Crippen molar-refractivity contribution in [2.24, 2.45) is 0 Å². The number of hydrogen-bond donors (Lipinski definition) is 2. The molecule has 2 N–H and O–H groups in total. The zero-order valence-electron chi connectivity index (χ0n) is 21.8. The van der Waals surface area contributed by atoms with Crippen LogP contribution in [0.1, 0.15) is 30.5 Å². The molecule has 3 aromatic rings. The quantitative estimate of drug-likeness (QED) is 0.517. The fraction of sp³-hybridized carbons (Fsp3) is 0.517. The summed E-state index contributed by atoms with van der Waals surface area (Å²) in [7, 11) is 2.16. The maximum Gasteiger partial charge on any atom is 0.318 e. The molecule has 4 aliphatic rings. The third-order valence-corrected chi connectivity index (χ3v) is 9.18.